The Balaban J connectivity index is 2.16. The van der Waals surface area contributed by atoms with Crippen LogP contribution < -0.4 is 10.6 Å². The Bertz CT molecular complexity index is 372. The van der Waals surface area contributed by atoms with E-state index in [9.17, 15) is 0 Å². The molecule has 0 aromatic carbocycles. The SMILES string of the molecule is CCC(N)Cc1cc(C)nc(N2CCCC2)n1. The summed E-state index contributed by atoms with van der Waals surface area (Å²) >= 11 is 0. The van der Waals surface area contributed by atoms with Crippen molar-refractivity contribution in [3.63, 3.8) is 0 Å². The van der Waals surface area contributed by atoms with Gasteiger partial charge in [0.2, 0.25) is 5.95 Å². The largest absolute Gasteiger partial charge is 0.341 e. The first-order valence-electron chi connectivity index (χ1n) is 6.54. The molecule has 2 rings (SSSR count). The molecule has 1 atom stereocenters. The van der Waals surface area contributed by atoms with E-state index in [1.165, 1.54) is 12.8 Å². The van der Waals surface area contributed by atoms with Crippen LogP contribution in [-0.4, -0.2) is 29.1 Å². The molecule has 1 aliphatic rings. The van der Waals surface area contributed by atoms with Crippen molar-refractivity contribution in [2.75, 3.05) is 18.0 Å². The van der Waals surface area contributed by atoms with Gasteiger partial charge in [-0.25, -0.2) is 9.97 Å². The average Bonchev–Trinajstić information content (AvgIpc) is 2.81. The maximum Gasteiger partial charge on any atom is 0.225 e. The molecule has 1 fully saturated rings. The molecule has 4 heteroatoms. The molecule has 1 aromatic rings. The molecule has 0 amide bonds. The molecule has 1 unspecified atom stereocenters. The number of aryl methyl sites for hydroxylation is 1. The summed E-state index contributed by atoms with van der Waals surface area (Å²) in [6.45, 7) is 6.31. The zero-order valence-electron chi connectivity index (χ0n) is 10.8. The van der Waals surface area contributed by atoms with Crippen LogP contribution in [0.1, 0.15) is 37.6 Å². The molecule has 1 saturated heterocycles. The van der Waals surface area contributed by atoms with Gasteiger partial charge in [0.1, 0.15) is 0 Å². The number of hydrogen-bond donors (Lipinski definition) is 1. The van der Waals surface area contributed by atoms with Crippen LogP contribution >= 0.6 is 0 Å². The van der Waals surface area contributed by atoms with E-state index in [4.69, 9.17) is 5.73 Å². The Morgan fingerprint density at radius 3 is 2.71 bits per heavy atom. The van der Waals surface area contributed by atoms with E-state index in [-0.39, 0.29) is 6.04 Å². The van der Waals surface area contributed by atoms with E-state index < -0.39 is 0 Å². The van der Waals surface area contributed by atoms with Crippen molar-refractivity contribution in [3.05, 3.63) is 17.5 Å². The lowest BCUT2D eigenvalue weighted by molar-refractivity contribution is 0.634. The monoisotopic (exact) mass is 234 g/mol. The quantitative estimate of drug-likeness (QED) is 0.861. The molecule has 1 aromatic heterocycles. The van der Waals surface area contributed by atoms with E-state index in [0.29, 0.717) is 0 Å². The van der Waals surface area contributed by atoms with Gasteiger partial charge in [-0.05, 0) is 32.3 Å². The Morgan fingerprint density at radius 1 is 1.35 bits per heavy atom. The van der Waals surface area contributed by atoms with Crippen LogP contribution in [0.5, 0.6) is 0 Å². The third kappa shape index (κ3) is 3.16. The van der Waals surface area contributed by atoms with Gasteiger partial charge in [0, 0.05) is 36.9 Å². The van der Waals surface area contributed by atoms with Gasteiger partial charge in [-0.3, -0.25) is 0 Å². The summed E-state index contributed by atoms with van der Waals surface area (Å²) in [5.74, 6) is 0.890. The maximum absolute atomic E-state index is 5.98. The summed E-state index contributed by atoms with van der Waals surface area (Å²) in [6.07, 6.45) is 4.34. The summed E-state index contributed by atoms with van der Waals surface area (Å²) in [4.78, 5) is 11.4. The van der Waals surface area contributed by atoms with Gasteiger partial charge in [0.15, 0.2) is 0 Å². The molecule has 4 nitrogen and oxygen atoms in total. The summed E-state index contributed by atoms with van der Waals surface area (Å²) in [5, 5.41) is 0. The Kier molecular flexibility index (Phi) is 3.94. The minimum absolute atomic E-state index is 0.204. The predicted molar refractivity (Wildman–Crippen MR) is 70.2 cm³/mol. The highest BCUT2D eigenvalue weighted by Gasteiger charge is 2.16. The molecule has 94 valence electrons. The van der Waals surface area contributed by atoms with Crippen LogP contribution in [0.25, 0.3) is 0 Å². The molecule has 0 bridgehead atoms. The van der Waals surface area contributed by atoms with Crippen LogP contribution in [0.15, 0.2) is 6.07 Å². The lowest BCUT2D eigenvalue weighted by Gasteiger charge is -2.17. The van der Waals surface area contributed by atoms with Crippen molar-refractivity contribution in [2.45, 2.75) is 45.6 Å². The second-order valence-electron chi connectivity index (χ2n) is 4.87. The number of rotatable bonds is 4. The minimum atomic E-state index is 0.204. The smallest absolute Gasteiger partial charge is 0.225 e. The van der Waals surface area contributed by atoms with Gasteiger partial charge >= 0.3 is 0 Å². The lowest BCUT2D eigenvalue weighted by atomic mass is 10.1. The van der Waals surface area contributed by atoms with E-state index >= 15 is 0 Å². The average molecular weight is 234 g/mol. The fourth-order valence-electron chi connectivity index (χ4n) is 2.19. The van der Waals surface area contributed by atoms with Crippen molar-refractivity contribution < 1.29 is 0 Å². The predicted octanol–water partition coefficient (Wildman–Crippen LogP) is 1.67. The van der Waals surface area contributed by atoms with Crippen LogP contribution in [0, 0.1) is 6.92 Å². The van der Waals surface area contributed by atoms with E-state index in [1.807, 2.05) is 6.92 Å². The molecular formula is C13H22N4. The zero-order valence-corrected chi connectivity index (χ0v) is 10.8. The Morgan fingerprint density at radius 2 is 2.06 bits per heavy atom. The second-order valence-corrected chi connectivity index (χ2v) is 4.87. The second kappa shape index (κ2) is 5.45. The highest BCUT2D eigenvalue weighted by molar-refractivity contribution is 5.33. The molecule has 0 spiro atoms. The van der Waals surface area contributed by atoms with Crippen molar-refractivity contribution in [1.29, 1.82) is 0 Å². The third-order valence-electron chi connectivity index (χ3n) is 3.28. The van der Waals surface area contributed by atoms with Crippen molar-refractivity contribution in [2.24, 2.45) is 5.73 Å². The van der Waals surface area contributed by atoms with Crippen molar-refractivity contribution in [3.8, 4) is 0 Å². The van der Waals surface area contributed by atoms with Crippen LogP contribution in [-0.2, 0) is 6.42 Å². The molecular weight excluding hydrogens is 212 g/mol. The highest BCUT2D eigenvalue weighted by atomic mass is 15.3. The Labute approximate surface area is 103 Å². The first kappa shape index (κ1) is 12.3. The van der Waals surface area contributed by atoms with Gasteiger partial charge in [-0.2, -0.15) is 0 Å². The lowest BCUT2D eigenvalue weighted by Crippen LogP contribution is -2.24. The molecule has 0 aliphatic carbocycles. The number of nitrogens with zero attached hydrogens (tertiary/aromatic N) is 3. The summed E-state index contributed by atoms with van der Waals surface area (Å²) < 4.78 is 0. The molecule has 2 heterocycles. The van der Waals surface area contributed by atoms with Crippen LogP contribution in [0.2, 0.25) is 0 Å². The first-order valence-corrected chi connectivity index (χ1v) is 6.54. The van der Waals surface area contributed by atoms with Gasteiger partial charge in [-0.1, -0.05) is 6.92 Å². The summed E-state index contributed by atoms with van der Waals surface area (Å²) in [7, 11) is 0. The number of nitrogens with two attached hydrogens (primary N) is 1. The Hall–Kier alpha value is -1.16. The first-order chi connectivity index (χ1) is 8.19. The van der Waals surface area contributed by atoms with Crippen LogP contribution in [0.4, 0.5) is 5.95 Å². The van der Waals surface area contributed by atoms with E-state index in [1.54, 1.807) is 0 Å². The molecule has 0 radical (unpaired) electrons. The summed E-state index contributed by atoms with van der Waals surface area (Å²) in [6, 6.07) is 2.26. The van der Waals surface area contributed by atoms with Gasteiger partial charge in [-0.15, -0.1) is 0 Å². The fourth-order valence-corrected chi connectivity index (χ4v) is 2.19. The van der Waals surface area contributed by atoms with Gasteiger partial charge in [0.05, 0.1) is 0 Å². The van der Waals surface area contributed by atoms with Crippen molar-refractivity contribution >= 4 is 5.95 Å². The molecule has 2 N–H and O–H groups in total. The minimum Gasteiger partial charge on any atom is -0.341 e. The fraction of sp³-hybridized carbons (Fsp3) is 0.692. The van der Waals surface area contributed by atoms with Crippen molar-refractivity contribution in [1.82, 2.24) is 9.97 Å². The normalized spacial score (nSPS) is 17.5. The zero-order chi connectivity index (χ0) is 12.3. The molecule has 0 saturated carbocycles. The van der Waals surface area contributed by atoms with Gasteiger partial charge < -0.3 is 10.6 Å². The number of aromatic nitrogens is 2. The molecule has 17 heavy (non-hydrogen) atoms. The third-order valence-corrected chi connectivity index (χ3v) is 3.28. The summed E-state index contributed by atoms with van der Waals surface area (Å²) in [5.41, 5.74) is 8.10. The molecule has 1 aliphatic heterocycles. The topological polar surface area (TPSA) is 55.0 Å². The number of hydrogen-bond acceptors (Lipinski definition) is 4. The van der Waals surface area contributed by atoms with E-state index in [2.05, 4.69) is 27.9 Å². The standard InChI is InChI=1S/C13H22N4/c1-3-11(14)9-12-8-10(2)15-13(16-12)17-6-4-5-7-17/h8,11H,3-7,9,14H2,1-2H3. The highest BCUT2D eigenvalue weighted by Crippen LogP contribution is 2.17. The number of anilines is 1. The maximum atomic E-state index is 5.98. The van der Waals surface area contributed by atoms with E-state index in [0.717, 1.165) is 43.3 Å². The van der Waals surface area contributed by atoms with Gasteiger partial charge in [0.25, 0.3) is 0 Å². The van der Waals surface area contributed by atoms with Crippen LogP contribution in [0.3, 0.4) is 0 Å².